The topological polar surface area (TPSA) is 51.3 Å². The van der Waals surface area contributed by atoms with Crippen LogP contribution in [0.5, 0.6) is 11.5 Å². The number of hydrogen-bond donors (Lipinski definition) is 1. The number of pyridine rings is 1. The number of methoxy groups -OCH3 is 2. The van der Waals surface area contributed by atoms with Gasteiger partial charge >= 0.3 is 0 Å². The molecule has 1 N–H and O–H groups in total. The highest BCUT2D eigenvalue weighted by Crippen LogP contribution is 2.30. The summed E-state index contributed by atoms with van der Waals surface area (Å²) in [5, 5.41) is 0.555. The number of hydrogen-bond acceptors (Lipinski definition) is 3. The van der Waals surface area contributed by atoms with Crippen LogP contribution in [0.4, 0.5) is 0 Å². The van der Waals surface area contributed by atoms with Crippen molar-refractivity contribution in [1.82, 2.24) is 4.98 Å². The fourth-order valence-electron chi connectivity index (χ4n) is 2.26. The molecule has 1 heterocycles. The van der Waals surface area contributed by atoms with Crippen LogP contribution in [-0.4, -0.2) is 19.2 Å². The van der Waals surface area contributed by atoms with Gasteiger partial charge in [0.15, 0.2) is 5.43 Å². The Balaban J connectivity index is 2.98. The SMILES string of the molecule is CCc1c(C)[nH]c2c(OC)ccc(OC)c2c1=O. The van der Waals surface area contributed by atoms with Gasteiger partial charge in [0.1, 0.15) is 11.5 Å². The molecular weight excluding hydrogens is 230 g/mol. The molecule has 0 amide bonds. The van der Waals surface area contributed by atoms with Crippen molar-refractivity contribution in [3.63, 3.8) is 0 Å². The molecule has 0 spiro atoms. The number of aromatic amines is 1. The minimum atomic E-state index is 0.0134. The zero-order chi connectivity index (χ0) is 13.3. The predicted octanol–water partition coefficient (Wildman–Crippen LogP) is 2.42. The maximum atomic E-state index is 12.5. The number of rotatable bonds is 3. The third-order valence-corrected chi connectivity index (χ3v) is 3.19. The number of nitrogens with one attached hydrogen (secondary N) is 1. The second-order valence-corrected chi connectivity index (χ2v) is 4.13. The van der Waals surface area contributed by atoms with E-state index in [1.165, 1.54) is 0 Å². The molecule has 0 saturated carbocycles. The summed E-state index contributed by atoms with van der Waals surface area (Å²) in [5.41, 5.74) is 2.37. The van der Waals surface area contributed by atoms with Crippen LogP contribution in [0, 0.1) is 6.92 Å². The van der Waals surface area contributed by atoms with Crippen LogP contribution in [0.3, 0.4) is 0 Å². The lowest BCUT2D eigenvalue weighted by Crippen LogP contribution is -2.13. The zero-order valence-electron chi connectivity index (χ0n) is 11.1. The average molecular weight is 247 g/mol. The molecule has 0 aliphatic rings. The number of aryl methyl sites for hydroxylation is 1. The first kappa shape index (κ1) is 12.5. The van der Waals surface area contributed by atoms with Crippen molar-refractivity contribution in [3.8, 4) is 11.5 Å². The molecule has 1 aromatic heterocycles. The summed E-state index contributed by atoms with van der Waals surface area (Å²) in [7, 11) is 3.15. The maximum absolute atomic E-state index is 12.5. The van der Waals surface area contributed by atoms with E-state index in [1.54, 1.807) is 26.4 Å². The number of aromatic nitrogens is 1. The second kappa shape index (κ2) is 4.72. The molecule has 96 valence electrons. The van der Waals surface area contributed by atoms with Gasteiger partial charge in [0, 0.05) is 11.3 Å². The monoisotopic (exact) mass is 247 g/mol. The Labute approximate surface area is 106 Å². The van der Waals surface area contributed by atoms with Crippen LogP contribution < -0.4 is 14.9 Å². The molecule has 0 radical (unpaired) electrons. The van der Waals surface area contributed by atoms with Gasteiger partial charge in [-0.1, -0.05) is 6.92 Å². The standard InChI is InChI=1S/C14H17NO3/c1-5-9-8(2)15-13-11(18-4)7-6-10(17-3)12(13)14(9)16/h6-7H,5H2,1-4H3,(H,15,16). The molecule has 4 nitrogen and oxygen atoms in total. The fourth-order valence-corrected chi connectivity index (χ4v) is 2.26. The minimum absolute atomic E-state index is 0.0134. The van der Waals surface area contributed by atoms with E-state index in [-0.39, 0.29) is 5.43 Å². The molecule has 0 saturated heterocycles. The summed E-state index contributed by atoms with van der Waals surface area (Å²) in [6, 6.07) is 3.55. The molecule has 1 aromatic carbocycles. The number of H-pyrrole nitrogens is 1. The van der Waals surface area contributed by atoms with Crippen molar-refractivity contribution in [2.45, 2.75) is 20.3 Å². The van der Waals surface area contributed by atoms with Crippen LogP contribution >= 0.6 is 0 Å². The quantitative estimate of drug-likeness (QED) is 0.906. The number of benzene rings is 1. The second-order valence-electron chi connectivity index (χ2n) is 4.13. The van der Waals surface area contributed by atoms with Gasteiger partial charge in [-0.25, -0.2) is 0 Å². The van der Waals surface area contributed by atoms with Crippen LogP contribution in [0.15, 0.2) is 16.9 Å². The Hall–Kier alpha value is -1.97. The van der Waals surface area contributed by atoms with Gasteiger partial charge in [-0.3, -0.25) is 4.79 Å². The molecular formula is C14H17NO3. The largest absolute Gasteiger partial charge is 0.496 e. The molecule has 0 atom stereocenters. The Kier molecular flexibility index (Phi) is 3.28. The molecule has 2 rings (SSSR count). The van der Waals surface area contributed by atoms with E-state index in [2.05, 4.69) is 4.98 Å². The minimum Gasteiger partial charge on any atom is -0.496 e. The highest BCUT2D eigenvalue weighted by molar-refractivity contribution is 5.90. The van der Waals surface area contributed by atoms with E-state index in [0.29, 0.717) is 28.8 Å². The van der Waals surface area contributed by atoms with Crippen LogP contribution in [-0.2, 0) is 6.42 Å². The maximum Gasteiger partial charge on any atom is 0.196 e. The summed E-state index contributed by atoms with van der Waals surface area (Å²) in [5.74, 6) is 1.22. The van der Waals surface area contributed by atoms with Gasteiger partial charge in [-0.15, -0.1) is 0 Å². The lowest BCUT2D eigenvalue weighted by atomic mass is 10.1. The van der Waals surface area contributed by atoms with Crippen molar-refractivity contribution in [2.24, 2.45) is 0 Å². The molecule has 0 aliphatic heterocycles. The van der Waals surface area contributed by atoms with E-state index < -0.39 is 0 Å². The van der Waals surface area contributed by atoms with Crippen molar-refractivity contribution in [1.29, 1.82) is 0 Å². The van der Waals surface area contributed by atoms with E-state index >= 15 is 0 Å². The molecule has 0 unspecified atom stereocenters. The highest BCUT2D eigenvalue weighted by Gasteiger charge is 2.15. The molecule has 0 fully saturated rings. The van der Waals surface area contributed by atoms with E-state index in [0.717, 1.165) is 11.3 Å². The first-order valence-corrected chi connectivity index (χ1v) is 5.90. The van der Waals surface area contributed by atoms with E-state index in [1.807, 2.05) is 13.8 Å². The lowest BCUT2D eigenvalue weighted by Gasteiger charge is -2.12. The van der Waals surface area contributed by atoms with Crippen molar-refractivity contribution in [2.75, 3.05) is 14.2 Å². The molecule has 0 aliphatic carbocycles. The predicted molar refractivity (Wildman–Crippen MR) is 71.8 cm³/mol. The summed E-state index contributed by atoms with van der Waals surface area (Å²) in [6.07, 6.45) is 0.692. The Morgan fingerprint density at radius 3 is 2.33 bits per heavy atom. The van der Waals surface area contributed by atoms with E-state index in [4.69, 9.17) is 9.47 Å². The average Bonchev–Trinajstić information content (AvgIpc) is 2.37. The van der Waals surface area contributed by atoms with Crippen molar-refractivity contribution in [3.05, 3.63) is 33.6 Å². The van der Waals surface area contributed by atoms with Crippen molar-refractivity contribution < 1.29 is 9.47 Å². The zero-order valence-corrected chi connectivity index (χ0v) is 11.1. The number of fused-ring (bicyclic) bond motifs is 1. The summed E-state index contributed by atoms with van der Waals surface area (Å²) < 4.78 is 10.6. The number of ether oxygens (including phenoxy) is 2. The normalized spacial score (nSPS) is 10.7. The Morgan fingerprint density at radius 1 is 1.17 bits per heavy atom. The Bertz CT molecular complexity index is 644. The smallest absolute Gasteiger partial charge is 0.196 e. The highest BCUT2D eigenvalue weighted by atomic mass is 16.5. The van der Waals surface area contributed by atoms with Gasteiger partial charge in [0.25, 0.3) is 0 Å². The van der Waals surface area contributed by atoms with Gasteiger partial charge < -0.3 is 14.5 Å². The Morgan fingerprint density at radius 2 is 1.78 bits per heavy atom. The molecule has 2 aromatic rings. The molecule has 18 heavy (non-hydrogen) atoms. The van der Waals surface area contributed by atoms with Crippen LogP contribution in [0.25, 0.3) is 10.9 Å². The van der Waals surface area contributed by atoms with E-state index in [9.17, 15) is 4.79 Å². The third kappa shape index (κ3) is 1.74. The van der Waals surface area contributed by atoms with Crippen LogP contribution in [0.2, 0.25) is 0 Å². The lowest BCUT2D eigenvalue weighted by molar-refractivity contribution is 0.409. The van der Waals surface area contributed by atoms with Gasteiger partial charge in [-0.2, -0.15) is 0 Å². The van der Waals surface area contributed by atoms with Gasteiger partial charge in [-0.05, 0) is 25.5 Å². The first-order chi connectivity index (χ1) is 8.63. The third-order valence-electron chi connectivity index (χ3n) is 3.19. The van der Waals surface area contributed by atoms with Crippen LogP contribution in [0.1, 0.15) is 18.2 Å². The van der Waals surface area contributed by atoms with Gasteiger partial charge in [0.05, 0.1) is 25.1 Å². The molecule has 0 bridgehead atoms. The fraction of sp³-hybridized carbons (Fsp3) is 0.357. The summed E-state index contributed by atoms with van der Waals surface area (Å²) >= 11 is 0. The van der Waals surface area contributed by atoms with Crippen molar-refractivity contribution >= 4 is 10.9 Å². The molecule has 4 heteroatoms. The summed E-state index contributed by atoms with van der Waals surface area (Å²) in [4.78, 5) is 15.7. The van der Waals surface area contributed by atoms with Gasteiger partial charge in [0.2, 0.25) is 0 Å². The first-order valence-electron chi connectivity index (χ1n) is 5.90. The summed E-state index contributed by atoms with van der Waals surface area (Å²) in [6.45, 7) is 3.87.